The maximum absolute atomic E-state index is 10.8. The Morgan fingerprint density at radius 2 is 2.18 bits per heavy atom. The van der Waals surface area contributed by atoms with Crippen LogP contribution in [0.4, 0.5) is 11.5 Å². The number of nitrogens with zero attached hydrogens (tertiary/aromatic N) is 2. The minimum Gasteiger partial charge on any atom is -0.478 e. The van der Waals surface area contributed by atoms with Crippen molar-refractivity contribution in [1.29, 1.82) is 0 Å². The third kappa shape index (κ3) is 2.92. The summed E-state index contributed by atoms with van der Waals surface area (Å²) in [5.74, 6) is -0.470. The summed E-state index contributed by atoms with van der Waals surface area (Å²) in [6, 6.07) is 8.05. The van der Waals surface area contributed by atoms with Crippen LogP contribution in [-0.2, 0) is 0 Å². The van der Waals surface area contributed by atoms with Gasteiger partial charge in [0, 0.05) is 11.9 Å². The Morgan fingerprint density at radius 1 is 1.35 bits per heavy atom. The van der Waals surface area contributed by atoms with Gasteiger partial charge in [-0.25, -0.2) is 14.8 Å². The fourth-order valence-electron chi connectivity index (χ4n) is 1.28. The van der Waals surface area contributed by atoms with Crippen molar-refractivity contribution in [3.05, 3.63) is 47.4 Å². The number of benzene rings is 1. The van der Waals surface area contributed by atoms with Crippen LogP contribution in [0.3, 0.4) is 0 Å². The van der Waals surface area contributed by atoms with E-state index >= 15 is 0 Å². The van der Waals surface area contributed by atoms with E-state index in [2.05, 4.69) is 15.3 Å². The van der Waals surface area contributed by atoms with Crippen LogP contribution in [0.15, 0.2) is 36.5 Å². The molecule has 2 N–H and O–H groups in total. The Kier molecular flexibility index (Phi) is 3.20. The molecular formula is C11H8ClN3O2. The topological polar surface area (TPSA) is 75.1 Å². The van der Waals surface area contributed by atoms with Crippen LogP contribution < -0.4 is 5.32 Å². The van der Waals surface area contributed by atoms with Crippen LogP contribution in [0.1, 0.15) is 10.4 Å². The first kappa shape index (κ1) is 11.3. The number of aromatic carboxylic acids is 1. The SMILES string of the molecule is O=C(O)c1cccc(Nc2ccnc(Cl)n2)c1. The van der Waals surface area contributed by atoms with Crippen molar-refractivity contribution in [2.24, 2.45) is 0 Å². The number of carboxylic acids is 1. The fraction of sp³-hybridized carbons (Fsp3) is 0. The molecule has 0 bridgehead atoms. The molecule has 0 aliphatic rings. The zero-order valence-electron chi connectivity index (χ0n) is 8.59. The van der Waals surface area contributed by atoms with Crippen LogP contribution in [0, 0.1) is 0 Å². The molecule has 0 atom stereocenters. The van der Waals surface area contributed by atoms with Crippen molar-refractivity contribution in [3.63, 3.8) is 0 Å². The van der Waals surface area contributed by atoms with E-state index in [1.54, 1.807) is 18.2 Å². The molecule has 17 heavy (non-hydrogen) atoms. The third-order valence-corrected chi connectivity index (χ3v) is 2.19. The second-order valence-electron chi connectivity index (χ2n) is 3.22. The van der Waals surface area contributed by atoms with Crippen LogP contribution in [0.2, 0.25) is 5.28 Å². The van der Waals surface area contributed by atoms with Gasteiger partial charge in [0.2, 0.25) is 5.28 Å². The molecule has 0 spiro atoms. The van der Waals surface area contributed by atoms with Gasteiger partial charge in [-0.3, -0.25) is 0 Å². The largest absolute Gasteiger partial charge is 0.478 e. The van der Waals surface area contributed by atoms with Gasteiger partial charge in [-0.15, -0.1) is 0 Å². The van der Waals surface area contributed by atoms with Gasteiger partial charge in [-0.1, -0.05) is 6.07 Å². The lowest BCUT2D eigenvalue weighted by molar-refractivity contribution is 0.0697. The Hall–Kier alpha value is -2.14. The molecule has 0 saturated heterocycles. The molecule has 1 aromatic heterocycles. The number of aromatic nitrogens is 2. The summed E-state index contributed by atoms with van der Waals surface area (Å²) in [6.45, 7) is 0. The number of hydrogen-bond acceptors (Lipinski definition) is 4. The Bertz CT molecular complexity index is 560. The number of carbonyl (C=O) groups is 1. The molecule has 2 aromatic rings. The van der Waals surface area contributed by atoms with E-state index in [9.17, 15) is 4.79 Å². The normalized spacial score (nSPS) is 9.94. The lowest BCUT2D eigenvalue weighted by Gasteiger charge is -2.05. The fourth-order valence-corrected chi connectivity index (χ4v) is 1.43. The average molecular weight is 250 g/mol. The molecule has 0 radical (unpaired) electrons. The zero-order valence-corrected chi connectivity index (χ0v) is 9.35. The Balaban J connectivity index is 2.24. The van der Waals surface area contributed by atoms with Crippen LogP contribution in [0.5, 0.6) is 0 Å². The molecule has 0 fully saturated rings. The van der Waals surface area contributed by atoms with Crippen molar-refractivity contribution in [2.75, 3.05) is 5.32 Å². The van der Waals surface area contributed by atoms with E-state index in [1.165, 1.54) is 18.3 Å². The summed E-state index contributed by atoms with van der Waals surface area (Å²) in [6.07, 6.45) is 1.51. The minimum absolute atomic E-state index is 0.129. The predicted molar refractivity (Wildman–Crippen MR) is 63.7 cm³/mol. The first-order valence-electron chi connectivity index (χ1n) is 4.74. The second-order valence-corrected chi connectivity index (χ2v) is 3.56. The molecule has 5 nitrogen and oxygen atoms in total. The first-order valence-corrected chi connectivity index (χ1v) is 5.12. The van der Waals surface area contributed by atoms with Gasteiger partial charge >= 0.3 is 5.97 Å². The molecule has 0 saturated carbocycles. The van der Waals surface area contributed by atoms with Gasteiger partial charge in [0.05, 0.1) is 5.56 Å². The van der Waals surface area contributed by atoms with E-state index in [0.29, 0.717) is 11.5 Å². The van der Waals surface area contributed by atoms with Gasteiger partial charge in [0.15, 0.2) is 0 Å². The minimum atomic E-state index is -0.977. The number of hydrogen-bond donors (Lipinski definition) is 2. The third-order valence-electron chi connectivity index (χ3n) is 2.01. The summed E-state index contributed by atoms with van der Waals surface area (Å²) in [5.41, 5.74) is 0.829. The van der Waals surface area contributed by atoms with E-state index in [0.717, 1.165) is 0 Å². The lowest BCUT2D eigenvalue weighted by Crippen LogP contribution is -1.99. The number of carboxylic acid groups (broad SMARTS) is 1. The van der Waals surface area contributed by atoms with Crippen molar-refractivity contribution in [3.8, 4) is 0 Å². The molecule has 2 rings (SSSR count). The molecule has 6 heteroatoms. The van der Waals surface area contributed by atoms with E-state index < -0.39 is 5.97 Å². The van der Waals surface area contributed by atoms with Gasteiger partial charge in [0.25, 0.3) is 0 Å². The Labute approximate surface area is 102 Å². The van der Waals surface area contributed by atoms with Crippen LogP contribution in [-0.4, -0.2) is 21.0 Å². The molecule has 1 heterocycles. The van der Waals surface area contributed by atoms with Crippen molar-refractivity contribution < 1.29 is 9.90 Å². The molecule has 0 unspecified atom stereocenters. The Morgan fingerprint density at radius 3 is 2.88 bits per heavy atom. The standard InChI is InChI=1S/C11H8ClN3O2/c12-11-13-5-4-9(15-11)14-8-3-1-2-7(6-8)10(16)17/h1-6H,(H,16,17)(H,13,14,15). The maximum atomic E-state index is 10.8. The number of nitrogens with one attached hydrogen (secondary N) is 1. The van der Waals surface area contributed by atoms with Crippen molar-refractivity contribution in [2.45, 2.75) is 0 Å². The second kappa shape index (κ2) is 4.80. The summed E-state index contributed by atoms with van der Waals surface area (Å²) in [5, 5.41) is 11.9. The maximum Gasteiger partial charge on any atom is 0.335 e. The average Bonchev–Trinajstić information content (AvgIpc) is 2.29. The molecule has 0 aliphatic heterocycles. The smallest absolute Gasteiger partial charge is 0.335 e. The van der Waals surface area contributed by atoms with Crippen molar-refractivity contribution >= 4 is 29.1 Å². The van der Waals surface area contributed by atoms with Crippen molar-refractivity contribution in [1.82, 2.24) is 9.97 Å². The summed E-state index contributed by atoms with van der Waals surface area (Å²) in [7, 11) is 0. The number of rotatable bonds is 3. The number of halogens is 1. The van der Waals surface area contributed by atoms with Gasteiger partial charge in [-0.2, -0.15) is 0 Å². The van der Waals surface area contributed by atoms with Crippen LogP contribution >= 0.6 is 11.6 Å². The highest BCUT2D eigenvalue weighted by molar-refractivity contribution is 6.28. The highest BCUT2D eigenvalue weighted by atomic mass is 35.5. The quantitative estimate of drug-likeness (QED) is 0.818. The first-order chi connectivity index (χ1) is 8.15. The molecule has 86 valence electrons. The lowest BCUT2D eigenvalue weighted by atomic mass is 10.2. The number of anilines is 2. The van der Waals surface area contributed by atoms with Gasteiger partial charge < -0.3 is 10.4 Å². The van der Waals surface area contributed by atoms with Gasteiger partial charge in [-0.05, 0) is 35.9 Å². The molecular weight excluding hydrogens is 242 g/mol. The highest BCUT2D eigenvalue weighted by Crippen LogP contribution is 2.16. The zero-order chi connectivity index (χ0) is 12.3. The van der Waals surface area contributed by atoms with Crippen LogP contribution in [0.25, 0.3) is 0 Å². The molecule has 1 aromatic carbocycles. The van der Waals surface area contributed by atoms with Gasteiger partial charge in [0.1, 0.15) is 5.82 Å². The van der Waals surface area contributed by atoms with E-state index in [4.69, 9.17) is 16.7 Å². The molecule has 0 amide bonds. The van der Waals surface area contributed by atoms with E-state index in [-0.39, 0.29) is 10.8 Å². The monoisotopic (exact) mass is 249 g/mol. The summed E-state index contributed by atoms with van der Waals surface area (Å²) in [4.78, 5) is 18.5. The highest BCUT2D eigenvalue weighted by Gasteiger charge is 2.03. The summed E-state index contributed by atoms with van der Waals surface area (Å²) < 4.78 is 0. The summed E-state index contributed by atoms with van der Waals surface area (Å²) >= 11 is 5.64. The van der Waals surface area contributed by atoms with E-state index in [1.807, 2.05) is 0 Å². The molecule has 0 aliphatic carbocycles. The predicted octanol–water partition coefficient (Wildman–Crippen LogP) is 2.57.